The molecule has 0 saturated carbocycles. The highest BCUT2D eigenvalue weighted by Crippen LogP contribution is 2.35. The number of rotatable bonds is 4. The van der Waals surface area contributed by atoms with E-state index in [2.05, 4.69) is 9.72 Å². The molecule has 5 nitrogen and oxygen atoms in total. The summed E-state index contributed by atoms with van der Waals surface area (Å²) in [6.45, 7) is -0.795. The third-order valence-electron chi connectivity index (χ3n) is 2.19. The van der Waals surface area contributed by atoms with Crippen molar-refractivity contribution in [2.45, 2.75) is 25.5 Å². The number of halogens is 6. The van der Waals surface area contributed by atoms with Gasteiger partial charge in [-0.25, -0.2) is 4.98 Å². The van der Waals surface area contributed by atoms with Crippen molar-refractivity contribution >= 4 is 5.97 Å². The number of hydrogen-bond acceptors (Lipinski definition) is 4. The zero-order valence-corrected chi connectivity index (χ0v) is 10.0. The van der Waals surface area contributed by atoms with Crippen LogP contribution in [0, 0.1) is 0 Å². The van der Waals surface area contributed by atoms with Crippen LogP contribution in [0.4, 0.5) is 26.3 Å². The number of aliphatic carboxylic acids is 1. The maximum atomic E-state index is 12.7. The van der Waals surface area contributed by atoms with Crippen LogP contribution in [0.3, 0.4) is 0 Å². The molecule has 1 rings (SSSR count). The van der Waals surface area contributed by atoms with Gasteiger partial charge in [-0.1, -0.05) is 0 Å². The van der Waals surface area contributed by atoms with Crippen LogP contribution in [-0.2, 0) is 23.9 Å². The number of ether oxygens (including phenoxy) is 1. The lowest BCUT2D eigenvalue weighted by molar-refractivity contribution is -0.276. The van der Waals surface area contributed by atoms with Crippen molar-refractivity contribution in [2.24, 2.45) is 5.73 Å². The van der Waals surface area contributed by atoms with Crippen molar-refractivity contribution in [1.82, 2.24) is 4.98 Å². The monoisotopic (exact) mass is 318 g/mol. The van der Waals surface area contributed by atoms with Crippen LogP contribution >= 0.6 is 0 Å². The first-order valence-electron chi connectivity index (χ1n) is 5.21. The molecule has 0 unspecified atom stereocenters. The number of alkyl halides is 6. The van der Waals surface area contributed by atoms with Gasteiger partial charge in [-0.05, 0) is 6.07 Å². The van der Waals surface area contributed by atoms with Gasteiger partial charge in [-0.3, -0.25) is 4.79 Å². The summed E-state index contributed by atoms with van der Waals surface area (Å²) in [7, 11) is 0. The Bertz CT molecular complexity index is 541. The van der Waals surface area contributed by atoms with Gasteiger partial charge in [0.25, 0.3) is 0 Å². The number of carbonyl (C=O) groups is 1. The Morgan fingerprint density at radius 3 is 2.24 bits per heavy atom. The van der Waals surface area contributed by atoms with E-state index in [1.165, 1.54) is 0 Å². The first kappa shape index (κ1) is 17.0. The molecule has 0 radical (unpaired) electrons. The molecule has 0 bridgehead atoms. The maximum absolute atomic E-state index is 12.7. The number of nitrogens with two attached hydrogens (primary N) is 1. The topological polar surface area (TPSA) is 85.4 Å². The minimum atomic E-state index is -5.23. The number of hydrogen-bond donors (Lipinski definition) is 2. The molecule has 0 aliphatic heterocycles. The zero-order chi connectivity index (χ0) is 16.4. The summed E-state index contributed by atoms with van der Waals surface area (Å²) < 4.78 is 78.1. The Morgan fingerprint density at radius 2 is 1.86 bits per heavy atom. The number of carboxylic acid groups (broad SMARTS) is 1. The first-order chi connectivity index (χ1) is 9.44. The molecule has 0 amide bonds. The van der Waals surface area contributed by atoms with Crippen molar-refractivity contribution in [1.29, 1.82) is 0 Å². The minimum absolute atomic E-state index is 0.240. The lowest BCUT2D eigenvalue weighted by Gasteiger charge is -2.16. The van der Waals surface area contributed by atoms with Gasteiger partial charge in [0.15, 0.2) is 0 Å². The summed E-state index contributed by atoms with van der Waals surface area (Å²) in [5.41, 5.74) is 1.87. The van der Waals surface area contributed by atoms with Crippen LogP contribution < -0.4 is 10.5 Å². The molecule has 0 fully saturated rings. The average Bonchev–Trinajstić information content (AvgIpc) is 2.26. The van der Waals surface area contributed by atoms with Crippen molar-refractivity contribution in [3.05, 3.63) is 22.9 Å². The summed E-state index contributed by atoms with van der Waals surface area (Å²) in [6, 6.07) is 0.240. The highest BCUT2D eigenvalue weighted by molar-refractivity contribution is 5.71. The van der Waals surface area contributed by atoms with E-state index in [0.29, 0.717) is 0 Å². The van der Waals surface area contributed by atoms with E-state index in [1.807, 2.05) is 0 Å². The van der Waals surface area contributed by atoms with E-state index in [1.54, 1.807) is 0 Å². The fourth-order valence-electron chi connectivity index (χ4n) is 1.46. The first-order valence-corrected chi connectivity index (χ1v) is 5.21. The predicted molar refractivity (Wildman–Crippen MR) is 55.2 cm³/mol. The third-order valence-corrected chi connectivity index (χ3v) is 2.19. The molecule has 0 aromatic carbocycles. The lowest BCUT2D eigenvalue weighted by Crippen LogP contribution is -2.22. The molecule has 0 saturated heterocycles. The Morgan fingerprint density at radius 1 is 1.29 bits per heavy atom. The molecule has 1 aromatic heterocycles. The van der Waals surface area contributed by atoms with E-state index in [4.69, 9.17) is 10.8 Å². The zero-order valence-electron chi connectivity index (χ0n) is 10.0. The van der Waals surface area contributed by atoms with Crippen LogP contribution in [0.15, 0.2) is 6.07 Å². The smallest absolute Gasteiger partial charge is 0.481 e. The molecule has 0 aliphatic carbocycles. The second kappa shape index (κ2) is 5.76. The van der Waals surface area contributed by atoms with Crippen LogP contribution in [0.5, 0.6) is 5.88 Å². The van der Waals surface area contributed by atoms with Gasteiger partial charge in [0.1, 0.15) is 0 Å². The standard InChI is InChI=1S/C10H8F6N2O3/c11-9(12,13)5-1-4(2-7(19)20)8(18-6(5)3-17)21-10(14,15)16/h1H,2-3,17H2,(H,19,20). The minimum Gasteiger partial charge on any atom is -0.481 e. The summed E-state index contributed by atoms with van der Waals surface area (Å²) in [5.74, 6) is -2.91. The number of nitrogens with zero attached hydrogens (tertiary/aromatic N) is 1. The van der Waals surface area contributed by atoms with Gasteiger partial charge in [-0.2, -0.15) is 13.2 Å². The van der Waals surface area contributed by atoms with Crippen LogP contribution in [-0.4, -0.2) is 22.4 Å². The Kier molecular flexibility index (Phi) is 4.66. The molecule has 0 spiro atoms. The van der Waals surface area contributed by atoms with Crippen LogP contribution in [0.25, 0.3) is 0 Å². The normalized spacial score (nSPS) is 12.3. The SMILES string of the molecule is NCc1nc(OC(F)(F)F)c(CC(=O)O)cc1C(F)(F)F. The Labute approximate surface area is 113 Å². The third kappa shape index (κ3) is 4.77. The van der Waals surface area contributed by atoms with Crippen molar-refractivity contribution in [3.8, 4) is 5.88 Å². The highest BCUT2D eigenvalue weighted by atomic mass is 19.4. The van der Waals surface area contributed by atoms with E-state index < -0.39 is 54.2 Å². The molecular formula is C10H8F6N2O3. The van der Waals surface area contributed by atoms with E-state index in [9.17, 15) is 31.1 Å². The Hall–Kier alpha value is -2.04. The second-order valence-corrected chi connectivity index (χ2v) is 3.77. The van der Waals surface area contributed by atoms with Crippen LogP contribution in [0.2, 0.25) is 0 Å². The van der Waals surface area contributed by atoms with E-state index in [0.717, 1.165) is 0 Å². The van der Waals surface area contributed by atoms with Gasteiger partial charge in [-0.15, -0.1) is 13.2 Å². The summed E-state index contributed by atoms with van der Waals surface area (Å²) in [4.78, 5) is 13.6. The molecule has 1 heterocycles. The van der Waals surface area contributed by atoms with Gasteiger partial charge < -0.3 is 15.6 Å². The average molecular weight is 318 g/mol. The lowest BCUT2D eigenvalue weighted by atomic mass is 10.1. The van der Waals surface area contributed by atoms with E-state index in [-0.39, 0.29) is 6.07 Å². The van der Waals surface area contributed by atoms with E-state index >= 15 is 0 Å². The fraction of sp³-hybridized carbons (Fsp3) is 0.400. The summed E-state index contributed by atoms with van der Waals surface area (Å²) in [5, 5.41) is 8.54. The van der Waals surface area contributed by atoms with Crippen molar-refractivity contribution in [3.63, 3.8) is 0 Å². The number of carboxylic acids is 1. The maximum Gasteiger partial charge on any atom is 0.574 e. The Balaban J connectivity index is 3.44. The second-order valence-electron chi connectivity index (χ2n) is 3.77. The number of pyridine rings is 1. The summed E-state index contributed by atoms with van der Waals surface area (Å²) >= 11 is 0. The van der Waals surface area contributed by atoms with Gasteiger partial charge in [0, 0.05) is 12.1 Å². The molecule has 118 valence electrons. The molecular weight excluding hydrogens is 310 g/mol. The van der Waals surface area contributed by atoms with Crippen molar-refractivity contribution < 1.29 is 41.0 Å². The summed E-state index contributed by atoms with van der Waals surface area (Å²) in [6.07, 6.45) is -11.3. The molecule has 0 atom stereocenters. The fourth-order valence-corrected chi connectivity index (χ4v) is 1.46. The molecule has 21 heavy (non-hydrogen) atoms. The molecule has 11 heteroatoms. The predicted octanol–water partition coefficient (Wildman–Crippen LogP) is 2.08. The molecule has 0 aliphatic rings. The van der Waals surface area contributed by atoms with Gasteiger partial charge in [0.2, 0.25) is 5.88 Å². The van der Waals surface area contributed by atoms with Gasteiger partial charge in [0.05, 0.1) is 17.7 Å². The molecule has 1 aromatic rings. The quantitative estimate of drug-likeness (QED) is 0.830. The largest absolute Gasteiger partial charge is 0.574 e. The van der Waals surface area contributed by atoms with Crippen LogP contribution in [0.1, 0.15) is 16.8 Å². The highest BCUT2D eigenvalue weighted by Gasteiger charge is 2.38. The molecule has 3 N–H and O–H groups in total. The van der Waals surface area contributed by atoms with Gasteiger partial charge >= 0.3 is 18.5 Å². The van der Waals surface area contributed by atoms with Crippen molar-refractivity contribution in [2.75, 3.05) is 0 Å². The number of aromatic nitrogens is 1.